The van der Waals surface area contributed by atoms with Gasteiger partial charge in [0.15, 0.2) is 5.17 Å². The molecule has 1 aromatic heterocycles. The summed E-state index contributed by atoms with van der Waals surface area (Å²) in [7, 11) is 0. The molecule has 1 aliphatic heterocycles. The number of halogens is 1. The van der Waals surface area contributed by atoms with Crippen molar-refractivity contribution in [3.05, 3.63) is 57.0 Å². The molecule has 2 aromatic rings. The topological polar surface area (TPSA) is 36.8 Å². The lowest BCUT2D eigenvalue weighted by Crippen LogP contribution is -2.25. The molecule has 6 heteroatoms. The van der Waals surface area contributed by atoms with E-state index in [1.54, 1.807) is 35.2 Å². The van der Waals surface area contributed by atoms with Crippen molar-refractivity contribution in [1.29, 1.82) is 0 Å². The summed E-state index contributed by atoms with van der Waals surface area (Å²) in [5.74, 6) is 0.587. The number of nitrogens with one attached hydrogen (secondary N) is 1. The Labute approximate surface area is 137 Å². The van der Waals surface area contributed by atoms with E-state index in [2.05, 4.69) is 35.4 Å². The molecule has 0 saturated heterocycles. The van der Waals surface area contributed by atoms with Gasteiger partial charge in [0.05, 0.1) is 12.3 Å². The molecule has 1 aromatic carbocycles. The number of thiophene rings is 1. The van der Waals surface area contributed by atoms with Crippen molar-refractivity contribution in [2.75, 3.05) is 5.75 Å². The van der Waals surface area contributed by atoms with Gasteiger partial charge in [-0.1, -0.05) is 23.9 Å². The fourth-order valence-corrected chi connectivity index (χ4v) is 3.91. The van der Waals surface area contributed by atoms with Crippen molar-refractivity contribution in [3.8, 4) is 0 Å². The summed E-state index contributed by atoms with van der Waals surface area (Å²) >= 11 is 3.44. The number of rotatable bonds is 3. The van der Waals surface area contributed by atoms with E-state index in [0.717, 1.165) is 22.2 Å². The highest BCUT2D eigenvalue weighted by Crippen LogP contribution is 2.24. The van der Waals surface area contributed by atoms with Crippen LogP contribution in [0.4, 0.5) is 4.39 Å². The smallest absolute Gasteiger partial charge is 0.177 e. The number of thioether (sulfide) groups is 1. The highest BCUT2D eigenvalue weighted by molar-refractivity contribution is 8.14. The third-order valence-electron chi connectivity index (χ3n) is 3.30. The van der Waals surface area contributed by atoms with E-state index in [4.69, 9.17) is 0 Å². The first-order valence-corrected chi connectivity index (χ1v) is 8.73. The largest absolute Gasteiger partial charge is 0.256 e. The van der Waals surface area contributed by atoms with Crippen molar-refractivity contribution in [1.82, 2.24) is 5.43 Å². The van der Waals surface area contributed by atoms with Crippen LogP contribution in [0.15, 0.2) is 40.4 Å². The monoisotopic (exact) mass is 333 g/mol. The zero-order chi connectivity index (χ0) is 15.5. The maximum atomic E-state index is 12.9. The normalized spacial score (nSPS) is 16.5. The van der Waals surface area contributed by atoms with E-state index < -0.39 is 0 Å². The van der Waals surface area contributed by atoms with Crippen molar-refractivity contribution in [3.63, 3.8) is 0 Å². The SMILES string of the molecule is Cc1cc(C2=NNC(=NCc3ccc(F)cc3)SC2)c(C)s1. The molecule has 1 N–H and O–H groups in total. The first-order chi connectivity index (χ1) is 10.6. The molecule has 0 atom stereocenters. The van der Waals surface area contributed by atoms with E-state index in [1.165, 1.54) is 27.5 Å². The number of hydrogen-bond acceptors (Lipinski definition) is 4. The number of benzene rings is 1. The quantitative estimate of drug-likeness (QED) is 0.918. The zero-order valence-electron chi connectivity index (χ0n) is 12.4. The molecule has 0 aliphatic carbocycles. The van der Waals surface area contributed by atoms with Crippen LogP contribution >= 0.6 is 23.1 Å². The van der Waals surface area contributed by atoms with Crippen LogP contribution in [0, 0.1) is 19.7 Å². The third kappa shape index (κ3) is 3.56. The van der Waals surface area contributed by atoms with Gasteiger partial charge >= 0.3 is 0 Å². The summed E-state index contributed by atoms with van der Waals surface area (Å²) in [4.78, 5) is 7.08. The molecule has 0 saturated carbocycles. The molecule has 1 aliphatic rings. The zero-order valence-corrected chi connectivity index (χ0v) is 14.0. The lowest BCUT2D eigenvalue weighted by Gasteiger charge is -2.14. The summed E-state index contributed by atoms with van der Waals surface area (Å²) in [5, 5.41) is 5.25. The molecule has 0 amide bonds. The number of aryl methyl sites for hydroxylation is 2. The average Bonchev–Trinajstić information content (AvgIpc) is 2.86. The van der Waals surface area contributed by atoms with E-state index in [1.807, 2.05) is 0 Å². The first kappa shape index (κ1) is 15.2. The standard InChI is InChI=1S/C16H16FN3S2/c1-10-7-14(11(2)22-10)15-9-21-16(20-19-15)18-8-12-3-5-13(17)6-4-12/h3-7H,8-9H2,1-2H3,(H,18,20). The number of hydrogen-bond donors (Lipinski definition) is 1. The highest BCUT2D eigenvalue weighted by atomic mass is 32.2. The summed E-state index contributed by atoms with van der Waals surface area (Å²) in [6.45, 7) is 4.76. The fraction of sp³-hybridized carbons (Fsp3) is 0.250. The Hall–Kier alpha value is -1.66. The lowest BCUT2D eigenvalue weighted by molar-refractivity contribution is 0.627. The van der Waals surface area contributed by atoms with Gasteiger partial charge in [-0.3, -0.25) is 10.4 Å². The van der Waals surface area contributed by atoms with Crippen molar-refractivity contribution in [2.24, 2.45) is 10.1 Å². The van der Waals surface area contributed by atoms with Crippen LogP contribution in [-0.2, 0) is 6.54 Å². The molecule has 0 spiro atoms. The Bertz CT molecular complexity index is 732. The molecule has 22 heavy (non-hydrogen) atoms. The van der Waals surface area contributed by atoms with Crippen molar-refractivity contribution < 1.29 is 4.39 Å². The van der Waals surface area contributed by atoms with Crippen LogP contribution in [0.2, 0.25) is 0 Å². The minimum atomic E-state index is -0.225. The van der Waals surface area contributed by atoms with Crippen LogP contribution in [0.3, 0.4) is 0 Å². The van der Waals surface area contributed by atoms with E-state index >= 15 is 0 Å². The minimum absolute atomic E-state index is 0.225. The predicted molar refractivity (Wildman–Crippen MR) is 93.5 cm³/mol. The van der Waals surface area contributed by atoms with E-state index in [9.17, 15) is 4.39 Å². The van der Waals surface area contributed by atoms with Crippen molar-refractivity contribution in [2.45, 2.75) is 20.4 Å². The first-order valence-electron chi connectivity index (χ1n) is 6.93. The second-order valence-corrected chi connectivity index (χ2v) is 7.46. The molecule has 0 unspecified atom stereocenters. The summed E-state index contributed by atoms with van der Waals surface area (Å²) in [6, 6.07) is 8.59. The maximum Gasteiger partial charge on any atom is 0.177 e. The van der Waals surface area contributed by atoms with Gasteiger partial charge in [-0.25, -0.2) is 4.39 Å². The van der Waals surface area contributed by atoms with Gasteiger partial charge in [0.1, 0.15) is 5.82 Å². The predicted octanol–water partition coefficient (Wildman–Crippen LogP) is 4.10. The van der Waals surface area contributed by atoms with Gasteiger partial charge in [-0.2, -0.15) is 5.10 Å². The Morgan fingerprint density at radius 3 is 2.64 bits per heavy atom. The highest BCUT2D eigenvalue weighted by Gasteiger charge is 2.16. The molecule has 3 nitrogen and oxygen atoms in total. The molecule has 0 fully saturated rings. The number of hydrazone groups is 1. The molecule has 114 valence electrons. The van der Waals surface area contributed by atoms with Crippen molar-refractivity contribution >= 4 is 34.0 Å². The van der Waals surface area contributed by atoms with Gasteiger partial charge in [-0.15, -0.1) is 11.3 Å². The van der Waals surface area contributed by atoms with Crippen LogP contribution in [-0.4, -0.2) is 16.6 Å². The minimum Gasteiger partial charge on any atom is -0.256 e. The molecule has 3 rings (SSSR count). The molecule has 0 radical (unpaired) electrons. The van der Waals surface area contributed by atoms with Gasteiger partial charge < -0.3 is 0 Å². The fourth-order valence-electron chi connectivity index (χ4n) is 2.21. The number of nitrogens with zero attached hydrogens (tertiary/aromatic N) is 2. The molecular weight excluding hydrogens is 317 g/mol. The summed E-state index contributed by atoms with van der Waals surface area (Å²) < 4.78 is 12.9. The average molecular weight is 333 g/mol. The Balaban J connectivity index is 1.66. The maximum absolute atomic E-state index is 12.9. The second-order valence-electron chi connectivity index (χ2n) is 5.03. The van der Waals surface area contributed by atoms with Gasteiger partial charge in [0.25, 0.3) is 0 Å². The second kappa shape index (κ2) is 6.62. The number of aliphatic imine (C=N–C) groups is 1. The summed E-state index contributed by atoms with van der Waals surface area (Å²) in [6.07, 6.45) is 0. The van der Waals surface area contributed by atoms with Gasteiger partial charge in [0, 0.05) is 21.1 Å². The van der Waals surface area contributed by atoms with E-state index in [-0.39, 0.29) is 5.82 Å². The van der Waals surface area contributed by atoms with Gasteiger partial charge in [-0.05, 0) is 37.6 Å². The third-order valence-corrected chi connectivity index (χ3v) is 5.18. The molecular formula is C16H16FN3S2. The van der Waals surface area contributed by atoms with Crippen LogP contribution in [0.1, 0.15) is 20.9 Å². The van der Waals surface area contributed by atoms with Gasteiger partial charge in [0.2, 0.25) is 0 Å². The Kier molecular flexibility index (Phi) is 4.59. The van der Waals surface area contributed by atoms with E-state index in [0.29, 0.717) is 6.54 Å². The number of amidine groups is 1. The van der Waals surface area contributed by atoms with Crippen LogP contribution in [0.25, 0.3) is 0 Å². The Morgan fingerprint density at radius 2 is 2.05 bits per heavy atom. The van der Waals surface area contributed by atoms with Crippen LogP contribution in [0.5, 0.6) is 0 Å². The molecule has 2 heterocycles. The Morgan fingerprint density at radius 1 is 1.27 bits per heavy atom. The molecule has 0 bridgehead atoms. The lowest BCUT2D eigenvalue weighted by atomic mass is 10.2. The van der Waals surface area contributed by atoms with Crippen LogP contribution < -0.4 is 5.43 Å². The summed E-state index contributed by atoms with van der Waals surface area (Å²) in [5.41, 5.74) is 6.28.